The van der Waals surface area contributed by atoms with E-state index in [0.29, 0.717) is 0 Å². The second-order valence-corrected chi connectivity index (χ2v) is 5.36. The van der Waals surface area contributed by atoms with Crippen LogP contribution in [0.2, 0.25) is 0 Å². The van der Waals surface area contributed by atoms with Gasteiger partial charge in [-0.15, -0.1) is 0 Å². The zero-order chi connectivity index (χ0) is 9.97. The molecule has 0 N–H and O–H groups in total. The molecule has 1 aliphatic heterocycles. The van der Waals surface area contributed by atoms with Gasteiger partial charge >= 0.3 is 0 Å². The largest absolute Gasteiger partial charge is 0.246 e. The number of hydrogen-bond acceptors (Lipinski definition) is 2. The highest BCUT2D eigenvalue weighted by molar-refractivity contribution is 7.97. The second kappa shape index (κ2) is 4.37. The molecule has 0 saturated carbocycles. The Kier molecular flexibility index (Phi) is 3.14. The van der Waals surface area contributed by atoms with Crippen LogP contribution in [0, 0.1) is 12.8 Å². The van der Waals surface area contributed by atoms with Gasteiger partial charge < -0.3 is 0 Å². The van der Waals surface area contributed by atoms with Crippen LogP contribution in [-0.2, 0) is 0 Å². The van der Waals surface area contributed by atoms with Crippen molar-refractivity contribution in [3.8, 4) is 0 Å². The van der Waals surface area contributed by atoms with Crippen LogP contribution >= 0.6 is 11.9 Å². The lowest BCUT2D eigenvalue weighted by atomic mass is 10.2. The molecule has 0 unspecified atom stereocenters. The third-order valence-electron chi connectivity index (χ3n) is 2.64. The summed E-state index contributed by atoms with van der Waals surface area (Å²) in [5.74, 6) is 0.868. The topological polar surface area (TPSA) is 3.24 Å². The summed E-state index contributed by atoms with van der Waals surface area (Å²) in [4.78, 5) is 1.37. The fourth-order valence-electron chi connectivity index (χ4n) is 1.73. The number of aryl methyl sites for hydroxylation is 1. The molecule has 0 aromatic heterocycles. The van der Waals surface area contributed by atoms with E-state index in [-0.39, 0.29) is 0 Å². The lowest BCUT2D eigenvalue weighted by Crippen LogP contribution is -2.10. The SMILES string of the molecule is Cc1ccc(SN2CC[C@H](C)C2)cc1. The highest BCUT2D eigenvalue weighted by atomic mass is 32.2. The molecular weight excluding hydrogens is 190 g/mol. The maximum absolute atomic E-state index is 2.47. The predicted molar refractivity (Wildman–Crippen MR) is 62.4 cm³/mol. The molecule has 0 bridgehead atoms. The molecule has 2 heteroatoms. The fourth-order valence-corrected chi connectivity index (χ4v) is 2.81. The normalized spacial score (nSPS) is 22.9. The summed E-state index contributed by atoms with van der Waals surface area (Å²) < 4.78 is 2.47. The molecule has 1 fully saturated rings. The molecule has 1 atom stereocenters. The van der Waals surface area contributed by atoms with Crippen molar-refractivity contribution in [3.05, 3.63) is 29.8 Å². The van der Waals surface area contributed by atoms with Crippen LogP contribution in [-0.4, -0.2) is 17.4 Å². The Morgan fingerprint density at radius 3 is 2.57 bits per heavy atom. The number of hydrogen-bond donors (Lipinski definition) is 0. The van der Waals surface area contributed by atoms with Crippen molar-refractivity contribution in [1.29, 1.82) is 0 Å². The van der Waals surface area contributed by atoms with Crippen LogP contribution in [0.3, 0.4) is 0 Å². The molecule has 1 heterocycles. The number of rotatable bonds is 2. The maximum atomic E-state index is 2.47. The minimum Gasteiger partial charge on any atom is -0.246 e. The fraction of sp³-hybridized carbons (Fsp3) is 0.500. The van der Waals surface area contributed by atoms with Gasteiger partial charge in [-0.3, -0.25) is 0 Å². The van der Waals surface area contributed by atoms with E-state index in [1.807, 2.05) is 11.9 Å². The number of benzene rings is 1. The lowest BCUT2D eigenvalue weighted by molar-refractivity contribution is 0.549. The first-order chi connectivity index (χ1) is 6.74. The zero-order valence-electron chi connectivity index (χ0n) is 8.86. The molecule has 1 aliphatic rings. The van der Waals surface area contributed by atoms with Gasteiger partial charge in [0.15, 0.2) is 0 Å². The molecule has 0 amide bonds. The molecular formula is C12H17NS. The van der Waals surface area contributed by atoms with Crippen molar-refractivity contribution in [1.82, 2.24) is 4.31 Å². The van der Waals surface area contributed by atoms with E-state index in [1.165, 1.54) is 30.0 Å². The summed E-state index contributed by atoms with van der Waals surface area (Å²) in [5, 5.41) is 0. The van der Waals surface area contributed by atoms with E-state index in [0.717, 1.165) is 5.92 Å². The Bertz CT molecular complexity index is 294. The van der Waals surface area contributed by atoms with Crippen molar-refractivity contribution >= 4 is 11.9 Å². The molecule has 14 heavy (non-hydrogen) atoms. The van der Waals surface area contributed by atoms with Gasteiger partial charge in [-0.2, -0.15) is 0 Å². The first-order valence-electron chi connectivity index (χ1n) is 5.23. The standard InChI is InChI=1S/C12H17NS/c1-10-3-5-12(6-4-10)14-13-8-7-11(2)9-13/h3-6,11H,7-9H2,1-2H3/t11-/m0/s1. The summed E-state index contributed by atoms with van der Waals surface area (Å²) in [6.45, 7) is 6.93. The third kappa shape index (κ3) is 2.52. The highest BCUT2D eigenvalue weighted by Crippen LogP contribution is 2.28. The van der Waals surface area contributed by atoms with Crippen LogP contribution in [0.25, 0.3) is 0 Å². The van der Waals surface area contributed by atoms with Crippen molar-refractivity contribution < 1.29 is 0 Å². The Morgan fingerprint density at radius 2 is 2.00 bits per heavy atom. The molecule has 1 aromatic rings. The Labute approximate surface area is 90.6 Å². The first-order valence-corrected chi connectivity index (χ1v) is 6.01. The Hall–Kier alpha value is -0.470. The Morgan fingerprint density at radius 1 is 1.29 bits per heavy atom. The van der Waals surface area contributed by atoms with Gasteiger partial charge in [-0.25, -0.2) is 4.31 Å². The third-order valence-corrected chi connectivity index (χ3v) is 3.71. The average Bonchev–Trinajstić information content (AvgIpc) is 2.56. The van der Waals surface area contributed by atoms with Gasteiger partial charge in [0.25, 0.3) is 0 Å². The molecule has 1 saturated heterocycles. The monoisotopic (exact) mass is 207 g/mol. The summed E-state index contributed by atoms with van der Waals surface area (Å²) in [6, 6.07) is 8.79. The summed E-state index contributed by atoms with van der Waals surface area (Å²) >= 11 is 1.90. The van der Waals surface area contributed by atoms with E-state index >= 15 is 0 Å². The highest BCUT2D eigenvalue weighted by Gasteiger charge is 2.19. The predicted octanol–water partition coefficient (Wildman–Crippen LogP) is 3.34. The molecule has 76 valence electrons. The van der Waals surface area contributed by atoms with Gasteiger partial charge in [-0.05, 0) is 43.3 Å². The molecule has 1 aromatic carbocycles. The second-order valence-electron chi connectivity index (χ2n) is 4.19. The van der Waals surface area contributed by atoms with Gasteiger partial charge in [-0.1, -0.05) is 24.6 Å². The van der Waals surface area contributed by atoms with Crippen molar-refractivity contribution in [2.45, 2.75) is 25.2 Å². The average molecular weight is 207 g/mol. The van der Waals surface area contributed by atoms with Gasteiger partial charge in [0.2, 0.25) is 0 Å². The van der Waals surface area contributed by atoms with Crippen molar-refractivity contribution in [2.75, 3.05) is 13.1 Å². The quantitative estimate of drug-likeness (QED) is 0.684. The van der Waals surface area contributed by atoms with E-state index in [1.54, 1.807) is 0 Å². The smallest absolute Gasteiger partial charge is 0.0230 e. The van der Waals surface area contributed by atoms with Crippen LogP contribution in [0.5, 0.6) is 0 Å². The Balaban J connectivity index is 1.94. The minimum atomic E-state index is 0.868. The molecule has 1 nitrogen and oxygen atoms in total. The van der Waals surface area contributed by atoms with Crippen LogP contribution in [0.1, 0.15) is 18.9 Å². The van der Waals surface area contributed by atoms with Gasteiger partial charge in [0.1, 0.15) is 0 Å². The van der Waals surface area contributed by atoms with Crippen molar-refractivity contribution in [2.24, 2.45) is 5.92 Å². The van der Waals surface area contributed by atoms with Gasteiger partial charge in [0, 0.05) is 18.0 Å². The molecule has 0 spiro atoms. The first kappa shape index (κ1) is 10.1. The van der Waals surface area contributed by atoms with Gasteiger partial charge in [0.05, 0.1) is 0 Å². The van der Waals surface area contributed by atoms with Crippen LogP contribution in [0.4, 0.5) is 0 Å². The number of nitrogens with zero attached hydrogens (tertiary/aromatic N) is 1. The summed E-state index contributed by atoms with van der Waals surface area (Å²) in [5.41, 5.74) is 1.34. The lowest BCUT2D eigenvalue weighted by Gasteiger charge is -2.13. The van der Waals surface area contributed by atoms with E-state index in [9.17, 15) is 0 Å². The zero-order valence-corrected chi connectivity index (χ0v) is 9.68. The maximum Gasteiger partial charge on any atom is 0.0230 e. The van der Waals surface area contributed by atoms with E-state index < -0.39 is 0 Å². The molecule has 0 aliphatic carbocycles. The van der Waals surface area contributed by atoms with Crippen LogP contribution < -0.4 is 0 Å². The van der Waals surface area contributed by atoms with Crippen molar-refractivity contribution in [3.63, 3.8) is 0 Å². The molecule has 0 radical (unpaired) electrons. The summed E-state index contributed by atoms with van der Waals surface area (Å²) in [7, 11) is 0. The van der Waals surface area contributed by atoms with E-state index in [4.69, 9.17) is 0 Å². The minimum absolute atomic E-state index is 0.868. The molecule has 2 rings (SSSR count). The summed E-state index contributed by atoms with van der Waals surface area (Å²) in [6.07, 6.45) is 1.35. The van der Waals surface area contributed by atoms with Crippen LogP contribution in [0.15, 0.2) is 29.2 Å². The van der Waals surface area contributed by atoms with E-state index in [2.05, 4.69) is 42.4 Å².